The summed E-state index contributed by atoms with van der Waals surface area (Å²) in [5, 5.41) is 11.8. The lowest BCUT2D eigenvalue weighted by atomic mass is 10.1. The third-order valence-electron chi connectivity index (χ3n) is 2.51. The van der Waals surface area contributed by atoms with Crippen LogP contribution in [0.4, 0.5) is 18.9 Å². The van der Waals surface area contributed by atoms with Crippen LogP contribution in [-0.2, 0) is 0 Å². The van der Waals surface area contributed by atoms with Crippen LogP contribution in [0.25, 0.3) is 0 Å². The van der Waals surface area contributed by atoms with Gasteiger partial charge in [0.25, 0.3) is 5.91 Å². The number of carbonyl (C=O) groups excluding carboxylic acids is 1. The average molecular weight is 311 g/mol. The van der Waals surface area contributed by atoms with Crippen molar-refractivity contribution in [3.63, 3.8) is 0 Å². The normalized spacial score (nSPS) is 11.3. The number of aliphatic hydroxyl groups excluding tert-OH is 1. The summed E-state index contributed by atoms with van der Waals surface area (Å²) in [4.78, 5) is 12.7. The lowest BCUT2D eigenvalue weighted by Gasteiger charge is -2.24. The molecule has 1 rings (SSSR count). The molecule has 0 aliphatic carbocycles. The highest BCUT2D eigenvalue weighted by molar-refractivity contribution is 6.31. The van der Waals surface area contributed by atoms with E-state index in [4.69, 9.17) is 16.7 Å². The zero-order valence-corrected chi connectivity index (χ0v) is 11.4. The van der Waals surface area contributed by atoms with Crippen LogP contribution in [0.1, 0.15) is 10.4 Å². The third-order valence-corrected chi connectivity index (χ3v) is 2.74. The molecule has 0 bridgehead atoms. The van der Waals surface area contributed by atoms with Crippen LogP contribution in [0.3, 0.4) is 0 Å². The summed E-state index contributed by atoms with van der Waals surface area (Å²) >= 11 is 5.76. The summed E-state index contributed by atoms with van der Waals surface area (Å²) in [6.07, 6.45) is -4.54. The molecule has 112 valence electrons. The Hall–Kier alpha value is -1.47. The van der Waals surface area contributed by atoms with E-state index in [2.05, 4.69) is 5.32 Å². The van der Waals surface area contributed by atoms with Crippen molar-refractivity contribution in [3.8, 4) is 0 Å². The van der Waals surface area contributed by atoms with Gasteiger partial charge < -0.3 is 15.3 Å². The molecule has 0 saturated carbocycles. The van der Waals surface area contributed by atoms with Gasteiger partial charge in [-0.1, -0.05) is 11.6 Å². The fourth-order valence-corrected chi connectivity index (χ4v) is 1.84. The lowest BCUT2D eigenvalue weighted by molar-refractivity contribution is -0.141. The molecule has 20 heavy (non-hydrogen) atoms. The van der Waals surface area contributed by atoms with Gasteiger partial charge in [0.05, 0.1) is 12.2 Å². The molecule has 0 aliphatic rings. The van der Waals surface area contributed by atoms with Gasteiger partial charge in [0.1, 0.15) is 6.54 Å². The maximum absolute atomic E-state index is 12.4. The van der Waals surface area contributed by atoms with E-state index in [1.807, 2.05) is 0 Å². The molecular formula is C12H14ClF3N2O2. The number of carbonyl (C=O) groups is 1. The molecule has 1 aromatic carbocycles. The second-order valence-electron chi connectivity index (χ2n) is 4.01. The van der Waals surface area contributed by atoms with Gasteiger partial charge in [-0.2, -0.15) is 13.2 Å². The predicted molar refractivity (Wildman–Crippen MR) is 70.0 cm³/mol. The average Bonchev–Trinajstić information content (AvgIpc) is 2.36. The van der Waals surface area contributed by atoms with Crippen LogP contribution in [0.5, 0.6) is 0 Å². The van der Waals surface area contributed by atoms with E-state index in [0.29, 0.717) is 10.6 Å². The second kappa shape index (κ2) is 6.81. The fraction of sp³-hybridized carbons (Fsp3) is 0.417. The van der Waals surface area contributed by atoms with Crippen molar-refractivity contribution in [1.29, 1.82) is 0 Å². The summed E-state index contributed by atoms with van der Waals surface area (Å²) in [5.74, 6) is -0.844. The lowest BCUT2D eigenvalue weighted by Crippen LogP contribution is -2.40. The maximum atomic E-state index is 12.4. The Balaban J connectivity index is 3.08. The molecule has 0 aliphatic heterocycles. The van der Waals surface area contributed by atoms with Gasteiger partial charge in [-0.05, 0) is 18.2 Å². The second-order valence-corrected chi connectivity index (χ2v) is 4.44. The quantitative estimate of drug-likeness (QED) is 0.878. The molecule has 0 saturated heterocycles. The number of alkyl halides is 3. The van der Waals surface area contributed by atoms with E-state index in [1.165, 1.54) is 18.2 Å². The number of nitrogens with one attached hydrogen (secondary N) is 1. The number of hydrogen-bond donors (Lipinski definition) is 2. The molecule has 0 spiro atoms. The standard InChI is InChI=1S/C12H14ClF3N2O2/c1-17-10-3-2-8(13)6-9(10)11(20)18(4-5-19)7-12(14,15)16/h2-3,6,17,19H,4-5,7H2,1H3. The zero-order chi connectivity index (χ0) is 15.3. The van der Waals surface area contributed by atoms with Gasteiger partial charge in [0, 0.05) is 24.3 Å². The van der Waals surface area contributed by atoms with Crippen LogP contribution in [0.15, 0.2) is 18.2 Å². The highest BCUT2D eigenvalue weighted by Gasteiger charge is 2.33. The SMILES string of the molecule is CNc1ccc(Cl)cc1C(=O)N(CCO)CC(F)(F)F. The molecule has 8 heteroatoms. The van der Waals surface area contributed by atoms with E-state index in [0.717, 1.165) is 0 Å². The van der Waals surface area contributed by atoms with Crippen molar-refractivity contribution in [1.82, 2.24) is 4.90 Å². The highest BCUT2D eigenvalue weighted by Crippen LogP contribution is 2.24. The Morgan fingerprint density at radius 1 is 1.45 bits per heavy atom. The summed E-state index contributed by atoms with van der Waals surface area (Å²) < 4.78 is 37.3. The van der Waals surface area contributed by atoms with Crippen LogP contribution in [0.2, 0.25) is 5.02 Å². The Labute approximate surface area is 119 Å². The smallest absolute Gasteiger partial charge is 0.395 e. The summed E-state index contributed by atoms with van der Waals surface area (Å²) in [7, 11) is 1.54. The molecule has 4 nitrogen and oxygen atoms in total. The molecule has 0 atom stereocenters. The Bertz CT molecular complexity index is 480. The Morgan fingerprint density at radius 3 is 2.60 bits per heavy atom. The topological polar surface area (TPSA) is 52.6 Å². The third kappa shape index (κ3) is 4.57. The van der Waals surface area contributed by atoms with Crippen molar-refractivity contribution in [2.24, 2.45) is 0 Å². The fourth-order valence-electron chi connectivity index (χ4n) is 1.67. The highest BCUT2D eigenvalue weighted by atomic mass is 35.5. The molecule has 0 unspecified atom stereocenters. The Morgan fingerprint density at radius 2 is 2.10 bits per heavy atom. The molecular weight excluding hydrogens is 297 g/mol. The molecule has 1 aromatic rings. The van der Waals surface area contributed by atoms with E-state index < -0.39 is 31.8 Å². The minimum Gasteiger partial charge on any atom is -0.395 e. The number of anilines is 1. The Kier molecular flexibility index (Phi) is 5.64. The molecule has 0 fully saturated rings. The number of hydrogen-bond acceptors (Lipinski definition) is 3. The van der Waals surface area contributed by atoms with Gasteiger partial charge in [0.15, 0.2) is 0 Å². The predicted octanol–water partition coefficient (Wildman–Crippen LogP) is 2.38. The first kappa shape index (κ1) is 16.6. The van der Waals surface area contributed by atoms with E-state index in [-0.39, 0.29) is 10.6 Å². The summed E-state index contributed by atoms with van der Waals surface area (Å²) in [6, 6.07) is 4.31. The molecule has 2 N–H and O–H groups in total. The number of halogens is 4. The van der Waals surface area contributed by atoms with Crippen molar-refractivity contribution in [2.75, 3.05) is 32.1 Å². The van der Waals surface area contributed by atoms with E-state index in [1.54, 1.807) is 7.05 Å². The summed E-state index contributed by atoms with van der Waals surface area (Å²) in [5.41, 5.74) is 0.391. The number of amides is 1. The number of nitrogens with zero attached hydrogens (tertiary/aromatic N) is 1. The first-order valence-corrected chi connectivity index (χ1v) is 6.10. The number of rotatable bonds is 5. The van der Waals surface area contributed by atoms with Crippen LogP contribution in [0, 0.1) is 0 Å². The molecule has 0 radical (unpaired) electrons. The van der Waals surface area contributed by atoms with Gasteiger partial charge >= 0.3 is 6.18 Å². The van der Waals surface area contributed by atoms with Gasteiger partial charge in [-0.3, -0.25) is 4.79 Å². The molecule has 0 heterocycles. The van der Waals surface area contributed by atoms with Gasteiger partial charge in [-0.15, -0.1) is 0 Å². The minimum absolute atomic E-state index is 0.0256. The van der Waals surface area contributed by atoms with Gasteiger partial charge in [0.2, 0.25) is 0 Å². The minimum atomic E-state index is -4.54. The van der Waals surface area contributed by atoms with Crippen LogP contribution in [-0.4, -0.2) is 48.8 Å². The molecule has 0 aromatic heterocycles. The number of benzene rings is 1. The van der Waals surface area contributed by atoms with E-state index in [9.17, 15) is 18.0 Å². The maximum Gasteiger partial charge on any atom is 0.406 e. The van der Waals surface area contributed by atoms with Crippen LogP contribution >= 0.6 is 11.6 Å². The van der Waals surface area contributed by atoms with Crippen molar-refractivity contribution in [2.45, 2.75) is 6.18 Å². The van der Waals surface area contributed by atoms with Crippen LogP contribution < -0.4 is 5.32 Å². The van der Waals surface area contributed by atoms with Crippen molar-refractivity contribution >= 4 is 23.2 Å². The first-order chi connectivity index (χ1) is 9.28. The van der Waals surface area contributed by atoms with Crippen molar-refractivity contribution < 1.29 is 23.1 Å². The monoisotopic (exact) mass is 310 g/mol. The molecule has 1 amide bonds. The van der Waals surface area contributed by atoms with Gasteiger partial charge in [-0.25, -0.2) is 0 Å². The summed E-state index contributed by atoms with van der Waals surface area (Å²) in [6.45, 7) is -2.40. The first-order valence-electron chi connectivity index (χ1n) is 5.72. The van der Waals surface area contributed by atoms with E-state index >= 15 is 0 Å². The zero-order valence-electron chi connectivity index (χ0n) is 10.7. The largest absolute Gasteiger partial charge is 0.406 e. The number of aliphatic hydroxyl groups is 1. The van der Waals surface area contributed by atoms with Crippen molar-refractivity contribution in [3.05, 3.63) is 28.8 Å².